The van der Waals surface area contributed by atoms with Gasteiger partial charge in [-0.1, -0.05) is 12.1 Å². The Kier molecular flexibility index (Phi) is 4.37. The smallest absolute Gasteiger partial charge is 0.307 e. The zero-order valence-electron chi connectivity index (χ0n) is 11.6. The number of carbonyl (C=O) groups excluding carboxylic acids is 2. The Balaban J connectivity index is 1.84. The lowest BCUT2D eigenvalue weighted by Crippen LogP contribution is -2.35. The maximum atomic E-state index is 12.8. The number of amides is 1. The second-order valence-corrected chi connectivity index (χ2v) is 5.19. The normalized spacial score (nSPS) is 21.9. The second-order valence-electron chi connectivity index (χ2n) is 5.19. The molecule has 1 saturated carbocycles. The maximum absolute atomic E-state index is 12.8. The van der Waals surface area contributed by atoms with Crippen LogP contribution >= 0.6 is 0 Å². The number of carbonyl (C=O) groups is 2. The number of halogens is 1. The van der Waals surface area contributed by atoms with Gasteiger partial charge < -0.3 is 10.1 Å². The van der Waals surface area contributed by atoms with Crippen molar-refractivity contribution in [1.29, 1.82) is 0 Å². The average Bonchev–Trinajstić information content (AvgIpc) is 3.19. The average molecular weight is 279 g/mol. The Morgan fingerprint density at radius 3 is 2.65 bits per heavy atom. The van der Waals surface area contributed by atoms with E-state index >= 15 is 0 Å². The van der Waals surface area contributed by atoms with Crippen LogP contribution in [-0.4, -0.2) is 25.0 Å². The van der Waals surface area contributed by atoms with E-state index in [1.807, 2.05) is 0 Å². The fraction of sp³-hybridized carbons (Fsp3) is 0.467. The zero-order valence-corrected chi connectivity index (χ0v) is 11.6. The first-order chi connectivity index (χ1) is 9.51. The summed E-state index contributed by atoms with van der Waals surface area (Å²) in [6.45, 7) is 1.77. The molecule has 1 aliphatic carbocycles. The van der Waals surface area contributed by atoms with Crippen molar-refractivity contribution in [2.45, 2.75) is 31.7 Å². The van der Waals surface area contributed by atoms with Crippen LogP contribution in [0, 0.1) is 11.7 Å². The van der Waals surface area contributed by atoms with E-state index in [1.165, 1.54) is 19.2 Å². The molecule has 0 spiro atoms. The molecular weight excluding hydrogens is 261 g/mol. The number of hydrogen-bond donors (Lipinski definition) is 1. The van der Waals surface area contributed by atoms with Crippen molar-refractivity contribution < 1.29 is 18.7 Å². The highest BCUT2D eigenvalue weighted by molar-refractivity contribution is 5.83. The molecule has 0 aliphatic heterocycles. The fourth-order valence-corrected chi connectivity index (χ4v) is 2.30. The highest BCUT2D eigenvalue weighted by Gasteiger charge is 2.44. The first-order valence-corrected chi connectivity index (χ1v) is 6.64. The van der Waals surface area contributed by atoms with Crippen LogP contribution in [0.5, 0.6) is 0 Å². The number of hydrogen-bond acceptors (Lipinski definition) is 3. The number of methoxy groups -OCH3 is 1. The number of ether oxygens (including phenoxy) is 1. The van der Waals surface area contributed by atoms with Gasteiger partial charge in [-0.05, 0) is 37.0 Å². The van der Waals surface area contributed by atoms with Crippen molar-refractivity contribution in [3.8, 4) is 0 Å². The van der Waals surface area contributed by atoms with Crippen LogP contribution < -0.4 is 5.32 Å². The number of esters is 1. The van der Waals surface area contributed by atoms with Gasteiger partial charge in [0.05, 0.1) is 13.5 Å². The highest BCUT2D eigenvalue weighted by Crippen LogP contribution is 2.47. The Morgan fingerprint density at radius 1 is 1.40 bits per heavy atom. The lowest BCUT2D eigenvalue weighted by Gasteiger charge is -2.12. The largest absolute Gasteiger partial charge is 0.469 e. The van der Waals surface area contributed by atoms with E-state index < -0.39 is 0 Å². The summed E-state index contributed by atoms with van der Waals surface area (Å²) in [6.07, 6.45) is 0.929. The van der Waals surface area contributed by atoms with Gasteiger partial charge in [0.2, 0.25) is 5.91 Å². The predicted octanol–water partition coefficient (Wildman–Crippen LogP) is 2.00. The molecule has 3 unspecified atom stereocenters. The third-order valence-electron chi connectivity index (χ3n) is 3.51. The third-order valence-corrected chi connectivity index (χ3v) is 3.51. The van der Waals surface area contributed by atoms with Gasteiger partial charge in [0.25, 0.3) is 0 Å². The van der Waals surface area contributed by atoms with Crippen LogP contribution in [0.4, 0.5) is 4.39 Å². The first-order valence-electron chi connectivity index (χ1n) is 6.64. The molecule has 1 fully saturated rings. The highest BCUT2D eigenvalue weighted by atomic mass is 19.1. The molecule has 5 heteroatoms. The van der Waals surface area contributed by atoms with Crippen molar-refractivity contribution >= 4 is 11.9 Å². The summed E-state index contributed by atoms with van der Waals surface area (Å²) in [5, 5.41) is 2.80. The molecule has 1 aromatic rings. The molecule has 0 bridgehead atoms. The van der Waals surface area contributed by atoms with Crippen molar-refractivity contribution in [3.63, 3.8) is 0 Å². The van der Waals surface area contributed by atoms with Crippen molar-refractivity contribution in [2.24, 2.45) is 5.92 Å². The van der Waals surface area contributed by atoms with Gasteiger partial charge in [-0.25, -0.2) is 4.39 Å². The Morgan fingerprint density at radius 2 is 2.05 bits per heavy atom. The minimum Gasteiger partial charge on any atom is -0.469 e. The minimum absolute atomic E-state index is 0.0595. The molecule has 108 valence electrons. The van der Waals surface area contributed by atoms with Crippen LogP contribution in [0.1, 0.15) is 31.2 Å². The van der Waals surface area contributed by atoms with E-state index in [-0.39, 0.29) is 42.0 Å². The van der Waals surface area contributed by atoms with E-state index in [4.69, 9.17) is 0 Å². The Hall–Kier alpha value is -1.91. The van der Waals surface area contributed by atoms with Gasteiger partial charge in [0, 0.05) is 12.0 Å². The van der Waals surface area contributed by atoms with E-state index in [0.717, 1.165) is 12.0 Å². The summed E-state index contributed by atoms with van der Waals surface area (Å²) >= 11 is 0. The van der Waals surface area contributed by atoms with Gasteiger partial charge in [0.1, 0.15) is 5.82 Å². The predicted molar refractivity (Wildman–Crippen MR) is 71.5 cm³/mol. The molecular formula is C15H18FNO3. The third kappa shape index (κ3) is 3.56. The standard InChI is InChI=1S/C15H18FNO3/c1-9(7-14(18)20-2)17-15(19)13-8-12(13)10-3-5-11(16)6-4-10/h3-6,9,12-13H,7-8H2,1-2H3,(H,17,19). The monoisotopic (exact) mass is 279 g/mol. The van der Waals surface area contributed by atoms with Crippen LogP contribution in [0.25, 0.3) is 0 Å². The maximum Gasteiger partial charge on any atom is 0.307 e. The summed E-state index contributed by atoms with van der Waals surface area (Å²) in [5.74, 6) is -0.608. The molecule has 20 heavy (non-hydrogen) atoms. The number of nitrogens with one attached hydrogen (secondary N) is 1. The Labute approximate surface area is 117 Å². The van der Waals surface area contributed by atoms with E-state index in [2.05, 4.69) is 10.1 Å². The SMILES string of the molecule is COC(=O)CC(C)NC(=O)C1CC1c1ccc(F)cc1. The number of benzene rings is 1. The van der Waals surface area contributed by atoms with Crippen LogP contribution in [0.3, 0.4) is 0 Å². The van der Waals surface area contributed by atoms with E-state index in [1.54, 1.807) is 19.1 Å². The molecule has 0 aromatic heterocycles. The van der Waals surface area contributed by atoms with Crippen LogP contribution in [0.2, 0.25) is 0 Å². The van der Waals surface area contributed by atoms with Gasteiger partial charge in [-0.15, -0.1) is 0 Å². The van der Waals surface area contributed by atoms with Gasteiger partial charge in [-0.3, -0.25) is 9.59 Å². The lowest BCUT2D eigenvalue weighted by molar-refractivity contribution is -0.141. The van der Waals surface area contributed by atoms with Crippen molar-refractivity contribution in [3.05, 3.63) is 35.6 Å². The molecule has 1 aromatic carbocycles. The first kappa shape index (κ1) is 14.5. The van der Waals surface area contributed by atoms with Gasteiger partial charge in [0.15, 0.2) is 0 Å². The summed E-state index contributed by atoms with van der Waals surface area (Å²) in [7, 11) is 1.32. The summed E-state index contributed by atoms with van der Waals surface area (Å²) in [6, 6.07) is 5.99. The van der Waals surface area contributed by atoms with Gasteiger partial charge in [-0.2, -0.15) is 0 Å². The minimum atomic E-state index is -0.344. The van der Waals surface area contributed by atoms with Crippen molar-refractivity contribution in [2.75, 3.05) is 7.11 Å². The molecule has 2 rings (SSSR count). The van der Waals surface area contributed by atoms with Crippen LogP contribution in [0.15, 0.2) is 24.3 Å². The molecule has 0 radical (unpaired) electrons. The number of rotatable bonds is 5. The summed E-state index contributed by atoms with van der Waals surface area (Å²) < 4.78 is 17.4. The topological polar surface area (TPSA) is 55.4 Å². The lowest BCUT2D eigenvalue weighted by atomic mass is 10.1. The molecule has 1 N–H and O–H groups in total. The molecule has 0 heterocycles. The van der Waals surface area contributed by atoms with Crippen LogP contribution in [-0.2, 0) is 14.3 Å². The zero-order chi connectivity index (χ0) is 14.7. The Bertz CT molecular complexity index is 500. The van der Waals surface area contributed by atoms with Crippen molar-refractivity contribution in [1.82, 2.24) is 5.32 Å². The molecule has 3 atom stereocenters. The molecule has 1 amide bonds. The molecule has 4 nitrogen and oxygen atoms in total. The second kappa shape index (κ2) is 6.03. The fourth-order valence-electron chi connectivity index (χ4n) is 2.30. The molecule has 1 aliphatic rings. The molecule has 0 saturated heterocycles. The quantitative estimate of drug-likeness (QED) is 0.839. The summed E-state index contributed by atoms with van der Waals surface area (Å²) in [4.78, 5) is 23.1. The van der Waals surface area contributed by atoms with Gasteiger partial charge >= 0.3 is 5.97 Å². The van der Waals surface area contributed by atoms with E-state index in [9.17, 15) is 14.0 Å². The van der Waals surface area contributed by atoms with E-state index in [0.29, 0.717) is 0 Å². The summed E-state index contributed by atoms with van der Waals surface area (Å²) in [5.41, 5.74) is 0.979.